The van der Waals surface area contributed by atoms with E-state index in [1.165, 1.54) is 42.5 Å². The predicted octanol–water partition coefficient (Wildman–Crippen LogP) is 5.72. The SMILES string of the molecule is CCOC(=O)c1c(C)oc2ccc(N(C(=O)c3ccccc3)S(=O)(=O)c3ccc(Br)cc3)cc12. The summed E-state index contributed by atoms with van der Waals surface area (Å²) in [6.45, 7) is 3.48. The largest absolute Gasteiger partial charge is 0.462 e. The van der Waals surface area contributed by atoms with Crippen LogP contribution in [0, 0.1) is 6.92 Å². The van der Waals surface area contributed by atoms with Gasteiger partial charge in [0.2, 0.25) is 0 Å². The number of sulfonamides is 1. The number of ether oxygens (including phenoxy) is 1. The van der Waals surface area contributed by atoms with E-state index in [1.807, 2.05) is 0 Å². The van der Waals surface area contributed by atoms with Gasteiger partial charge in [-0.15, -0.1) is 0 Å². The van der Waals surface area contributed by atoms with Crippen molar-refractivity contribution in [1.29, 1.82) is 0 Å². The fourth-order valence-electron chi connectivity index (χ4n) is 3.57. The molecule has 0 aliphatic rings. The zero-order valence-electron chi connectivity index (χ0n) is 18.3. The summed E-state index contributed by atoms with van der Waals surface area (Å²) in [6.07, 6.45) is 0. The van der Waals surface area contributed by atoms with Crippen molar-refractivity contribution < 1.29 is 27.2 Å². The third-order valence-corrected chi connectivity index (χ3v) is 7.37. The van der Waals surface area contributed by atoms with Gasteiger partial charge in [0, 0.05) is 15.4 Å². The highest BCUT2D eigenvalue weighted by Gasteiger charge is 2.33. The molecule has 0 saturated heterocycles. The number of furan rings is 1. The summed E-state index contributed by atoms with van der Waals surface area (Å²) in [7, 11) is -4.31. The van der Waals surface area contributed by atoms with Crippen LogP contribution >= 0.6 is 15.9 Å². The highest BCUT2D eigenvalue weighted by atomic mass is 79.9. The molecule has 0 unspecified atom stereocenters. The van der Waals surface area contributed by atoms with Crippen molar-refractivity contribution in [3.63, 3.8) is 0 Å². The number of fused-ring (bicyclic) bond motifs is 1. The number of nitrogens with zero attached hydrogens (tertiary/aromatic N) is 1. The first-order valence-electron chi connectivity index (χ1n) is 10.3. The third kappa shape index (κ3) is 4.36. The number of esters is 1. The molecule has 7 nitrogen and oxygen atoms in total. The number of hydrogen-bond donors (Lipinski definition) is 0. The van der Waals surface area contributed by atoms with E-state index in [2.05, 4.69) is 15.9 Å². The lowest BCUT2D eigenvalue weighted by molar-refractivity contribution is 0.0526. The lowest BCUT2D eigenvalue weighted by Crippen LogP contribution is -2.37. The van der Waals surface area contributed by atoms with Crippen molar-refractivity contribution in [2.24, 2.45) is 0 Å². The van der Waals surface area contributed by atoms with Crippen LogP contribution in [-0.4, -0.2) is 26.9 Å². The summed E-state index contributed by atoms with van der Waals surface area (Å²) in [5.74, 6) is -0.990. The minimum Gasteiger partial charge on any atom is -0.462 e. The van der Waals surface area contributed by atoms with Crippen LogP contribution < -0.4 is 4.31 Å². The van der Waals surface area contributed by atoms with Crippen LogP contribution in [0.2, 0.25) is 0 Å². The molecule has 34 heavy (non-hydrogen) atoms. The van der Waals surface area contributed by atoms with Gasteiger partial charge < -0.3 is 9.15 Å². The fraction of sp³-hybridized carbons (Fsp3) is 0.120. The number of carbonyl (C=O) groups is 2. The Morgan fingerprint density at radius 1 is 1.00 bits per heavy atom. The van der Waals surface area contributed by atoms with Crippen LogP contribution in [0.4, 0.5) is 5.69 Å². The predicted molar refractivity (Wildman–Crippen MR) is 131 cm³/mol. The second-order valence-electron chi connectivity index (χ2n) is 7.33. The van der Waals surface area contributed by atoms with Gasteiger partial charge in [0.25, 0.3) is 15.9 Å². The molecule has 0 saturated carbocycles. The van der Waals surface area contributed by atoms with Crippen LogP contribution in [0.25, 0.3) is 11.0 Å². The van der Waals surface area contributed by atoms with Crippen LogP contribution in [0.5, 0.6) is 0 Å². The first-order chi connectivity index (χ1) is 16.2. The van der Waals surface area contributed by atoms with Crippen molar-refractivity contribution in [2.45, 2.75) is 18.7 Å². The molecule has 3 aromatic carbocycles. The molecule has 0 radical (unpaired) electrons. The van der Waals surface area contributed by atoms with Crippen LogP contribution in [0.15, 0.2) is 86.6 Å². The smallest absolute Gasteiger partial charge is 0.342 e. The molecule has 0 aliphatic heterocycles. The number of halogens is 1. The summed E-state index contributed by atoms with van der Waals surface area (Å²) in [5, 5.41) is 0.352. The molecule has 4 rings (SSSR count). The Kier molecular flexibility index (Phi) is 6.58. The Labute approximate surface area is 205 Å². The maximum Gasteiger partial charge on any atom is 0.342 e. The second-order valence-corrected chi connectivity index (χ2v) is 10.0. The van der Waals surface area contributed by atoms with E-state index in [1.54, 1.807) is 44.2 Å². The van der Waals surface area contributed by atoms with E-state index in [4.69, 9.17) is 9.15 Å². The highest BCUT2D eigenvalue weighted by molar-refractivity contribution is 9.10. The van der Waals surface area contributed by atoms with E-state index in [9.17, 15) is 18.0 Å². The minimum absolute atomic E-state index is 0.0610. The molecule has 174 valence electrons. The van der Waals surface area contributed by atoms with Crippen LogP contribution in [0.1, 0.15) is 33.4 Å². The molecule has 0 aliphatic carbocycles. The average Bonchev–Trinajstić information content (AvgIpc) is 3.15. The van der Waals surface area contributed by atoms with Crippen LogP contribution in [0.3, 0.4) is 0 Å². The number of anilines is 1. The van der Waals surface area contributed by atoms with Gasteiger partial charge in [0.15, 0.2) is 0 Å². The first kappa shape index (κ1) is 23.7. The Balaban J connectivity index is 1.93. The summed E-state index contributed by atoms with van der Waals surface area (Å²) < 4.78 is 39.6. The van der Waals surface area contributed by atoms with Gasteiger partial charge in [-0.05, 0) is 68.4 Å². The molecule has 0 spiro atoms. The van der Waals surface area contributed by atoms with E-state index in [-0.39, 0.29) is 28.3 Å². The van der Waals surface area contributed by atoms with Crippen molar-refractivity contribution in [1.82, 2.24) is 0 Å². The number of amides is 1. The molecule has 0 fully saturated rings. The third-order valence-electron chi connectivity index (χ3n) is 5.12. The summed E-state index contributed by atoms with van der Waals surface area (Å²) in [6, 6.07) is 18.6. The van der Waals surface area contributed by atoms with E-state index < -0.39 is 21.9 Å². The lowest BCUT2D eigenvalue weighted by atomic mass is 10.1. The molecule has 1 amide bonds. The molecular formula is C25H20BrNO6S. The zero-order valence-corrected chi connectivity index (χ0v) is 20.7. The van der Waals surface area contributed by atoms with Gasteiger partial charge in [0.1, 0.15) is 16.9 Å². The quantitative estimate of drug-likeness (QED) is 0.290. The Morgan fingerprint density at radius 3 is 2.32 bits per heavy atom. The Hall–Kier alpha value is -3.43. The molecule has 0 bridgehead atoms. The molecule has 0 atom stereocenters. The lowest BCUT2D eigenvalue weighted by Gasteiger charge is -2.23. The standard InChI is InChI=1S/C25H20BrNO6S/c1-3-32-25(29)23-16(2)33-22-14-11-19(15-21(22)23)27(24(28)17-7-5-4-6-8-17)34(30,31)20-12-9-18(26)10-13-20/h4-15H,3H2,1-2H3. The highest BCUT2D eigenvalue weighted by Crippen LogP contribution is 2.33. The topological polar surface area (TPSA) is 93.9 Å². The van der Waals surface area contributed by atoms with Gasteiger partial charge >= 0.3 is 5.97 Å². The van der Waals surface area contributed by atoms with Crippen molar-refractivity contribution in [3.05, 3.63) is 94.2 Å². The van der Waals surface area contributed by atoms with Gasteiger partial charge in [0.05, 0.1) is 17.2 Å². The maximum atomic E-state index is 13.7. The molecule has 1 aromatic heterocycles. The van der Waals surface area contributed by atoms with Crippen molar-refractivity contribution in [3.8, 4) is 0 Å². The first-order valence-corrected chi connectivity index (χ1v) is 12.6. The van der Waals surface area contributed by atoms with Gasteiger partial charge in [-0.1, -0.05) is 34.1 Å². The monoisotopic (exact) mass is 541 g/mol. The van der Waals surface area contributed by atoms with Crippen molar-refractivity contribution in [2.75, 3.05) is 10.9 Å². The fourth-order valence-corrected chi connectivity index (χ4v) is 5.24. The molecule has 9 heteroatoms. The summed E-state index contributed by atoms with van der Waals surface area (Å²) in [5.41, 5.74) is 0.817. The second kappa shape index (κ2) is 9.44. The Bertz CT molecular complexity index is 1480. The summed E-state index contributed by atoms with van der Waals surface area (Å²) in [4.78, 5) is 26.0. The minimum atomic E-state index is -4.31. The molecule has 1 heterocycles. The normalized spacial score (nSPS) is 11.4. The summed E-state index contributed by atoms with van der Waals surface area (Å²) >= 11 is 3.29. The number of carbonyl (C=O) groups excluding carboxylic acids is 2. The molecular weight excluding hydrogens is 522 g/mol. The number of benzene rings is 3. The van der Waals surface area contributed by atoms with E-state index in [0.717, 1.165) is 4.31 Å². The van der Waals surface area contributed by atoms with Gasteiger partial charge in [-0.25, -0.2) is 13.2 Å². The number of rotatable bonds is 6. The Morgan fingerprint density at radius 2 is 1.68 bits per heavy atom. The maximum absolute atomic E-state index is 13.7. The van der Waals surface area contributed by atoms with Gasteiger partial charge in [-0.3, -0.25) is 4.79 Å². The number of hydrogen-bond acceptors (Lipinski definition) is 6. The number of aryl methyl sites for hydroxylation is 1. The molecule has 4 aromatic rings. The average molecular weight is 542 g/mol. The molecule has 0 N–H and O–H groups in total. The van der Waals surface area contributed by atoms with E-state index in [0.29, 0.717) is 21.2 Å². The van der Waals surface area contributed by atoms with Crippen molar-refractivity contribution >= 4 is 54.5 Å². The zero-order chi connectivity index (χ0) is 24.5. The van der Waals surface area contributed by atoms with Gasteiger partial charge in [-0.2, -0.15) is 4.31 Å². The van der Waals surface area contributed by atoms with E-state index >= 15 is 0 Å². The van der Waals surface area contributed by atoms with Crippen LogP contribution in [-0.2, 0) is 14.8 Å².